The third-order valence-electron chi connectivity index (χ3n) is 4.79. The molecule has 1 saturated heterocycles. The fourth-order valence-corrected chi connectivity index (χ4v) is 2.71. The number of aliphatic carboxylic acids is 1. The summed E-state index contributed by atoms with van der Waals surface area (Å²) in [5.41, 5.74) is 0. The Balaban J connectivity index is 3.89. The molecular weight excluding hydrogens is 661 g/mol. The highest BCUT2D eigenvalue weighted by Gasteiger charge is 2.70. The lowest BCUT2D eigenvalue weighted by Gasteiger charge is -2.43. The van der Waals surface area contributed by atoms with Gasteiger partial charge in [0.1, 0.15) is 0 Å². The molecule has 43 heavy (non-hydrogen) atoms. The van der Waals surface area contributed by atoms with Crippen LogP contribution < -0.4 is 0 Å². The lowest BCUT2D eigenvalue weighted by Crippen LogP contribution is -2.66. The number of esters is 3. The van der Waals surface area contributed by atoms with Crippen LogP contribution in [0, 0.1) is 0 Å². The number of alkyl halides is 15. The van der Waals surface area contributed by atoms with E-state index < -0.39 is 97.5 Å². The highest BCUT2D eigenvalue weighted by atomic mass is 19.4. The summed E-state index contributed by atoms with van der Waals surface area (Å²) in [4.78, 5) is 46.5. The summed E-state index contributed by atoms with van der Waals surface area (Å²) in [5.74, 6) is -34.4. The second-order valence-corrected chi connectivity index (χ2v) is 7.96. The molecule has 0 spiro atoms. The maximum absolute atomic E-state index is 13.6. The number of carboxylic acid groups (broad SMARTS) is 1. The van der Waals surface area contributed by atoms with Gasteiger partial charge in [-0.25, -0.2) is 19.2 Å². The number of halogens is 15. The Labute approximate surface area is 225 Å². The molecule has 0 aromatic heterocycles. The van der Waals surface area contributed by atoms with Gasteiger partial charge in [-0.2, -0.15) is 65.9 Å². The van der Waals surface area contributed by atoms with Crippen LogP contribution in [0.4, 0.5) is 65.9 Å². The van der Waals surface area contributed by atoms with Crippen molar-refractivity contribution in [1.29, 1.82) is 0 Å². The van der Waals surface area contributed by atoms with Crippen molar-refractivity contribution in [2.24, 2.45) is 0 Å². The van der Waals surface area contributed by atoms with Crippen LogP contribution in [-0.4, -0.2) is 103 Å². The minimum atomic E-state index is -6.94. The average molecular weight is 674 g/mol. The van der Waals surface area contributed by atoms with Crippen molar-refractivity contribution < 1.29 is 114 Å². The molecule has 0 aliphatic carbocycles. The summed E-state index contributed by atoms with van der Waals surface area (Å²) in [6.07, 6.45) is -38.9. The molecule has 1 aliphatic heterocycles. The summed E-state index contributed by atoms with van der Waals surface area (Å²) in [5, 5.41) is 9.25. The smallest absolute Gasteiger partial charge is 0.465 e. The molecule has 0 aromatic rings. The largest absolute Gasteiger partial charge is 0.479 e. The Morgan fingerprint density at radius 1 is 0.605 bits per heavy atom. The monoisotopic (exact) mass is 674 g/mol. The average Bonchev–Trinajstić information content (AvgIpc) is 2.82. The fourth-order valence-electron chi connectivity index (χ4n) is 2.71. The molecule has 250 valence electrons. The molecule has 1 rings (SSSR count). The molecule has 25 heteroatoms. The minimum absolute atomic E-state index is 0.274. The van der Waals surface area contributed by atoms with Gasteiger partial charge in [-0.15, -0.1) is 0 Å². The third-order valence-corrected chi connectivity index (χ3v) is 4.79. The zero-order valence-corrected chi connectivity index (χ0v) is 20.1. The van der Waals surface area contributed by atoms with Crippen molar-refractivity contribution in [3.63, 3.8) is 0 Å². The molecule has 1 heterocycles. The van der Waals surface area contributed by atoms with Gasteiger partial charge in [0, 0.05) is 6.61 Å². The number of ether oxygens (including phenoxy) is 5. The Bertz CT molecular complexity index is 1050. The van der Waals surface area contributed by atoms with E-state index in [9.17, 15) is 90.1 Å². The molecule has 0 amide bonds. The van der Waals surface area contributed by atoms with Crippen LogP contribution in [0.1, 0.15) is 13.3 Å². The molecule has 1 N–H and O–H groups in total. The van der Waals surface area contributed by atoms with Crippen LogP contribution in [-0.2, 0) is 42.9 Å². The quantitative estimate of drug-likeness (QED) is 0.208. The number of carbonyl (C=O) groups is 4. The number of carboxylic acids is 1. The molecule has 5 atom stereocenters. The normalized spacial score (nSPS) is 24.2. The summed E-state index contributed by atoms with van der Waals surface area (Å²) in [6.45, 7) is 0.304. The third kappa shape index (κ3) is 7.83. The highest BCUT2D eigenvalue weighted by molar-refractivity contribution is 5.82. The Morgan fingerprint density at radius 2 is 0.930 bits per heavy atom. The van der Waals surface area contributed by atoms with Crippen molar-refractivity contribution in [1.82, 2.24) is 0 Å². The Kier molecular flexibility index (Phi) is 10.9. The molecule has 0 saturated carbocycles. The van der Waals surface area contributed by atoms with E-state index in [-0.39, 0.29) is 6.42 Å². The van der Waals surface area contributed by atoms with Crippen LogP contribution in [0.25, 0.3) is 0 Å². The van der Waals surface area contributed by atoms with Crippen molar-refractivity contribution in [2.45, 2.75) is 80.3 Å². The second-order valence-electron chi connectivity index (χ2n) is 7.96. The van der Waals surface area contributed by atoms with Gasteiger partial charge in [0.25, 0.3) is 0 Å². The molecule has 0 aromatic carbocycles. The van der Waals surface area contributed by atoms with Gasteiger partial charge in [0.2, 0.25) is 0 Å². The van der Waals surface area contributed by atoms with E-state index >= 15 is 0 Å². The van der Waals surface area contributed by atoms with Gasteiger partial charge in [0.05, 0.1) is 0 Å². The predicted octanol–water partition coefficient (Wildman–Crippen LogP) is 3.55. The maximum atomic E-state index is 13.6. The van der Waals surface area contributed by atoms with Gasteiger partial charge in [-0.1, -0.05) is 6.92 Å². The van der Waals surface area contributed by atoms with Crippen molar-refractivity contribution >= 4 is 23.9 Å². The standard InChI is InChI=1S/C18H13F15O10/c1-2-3-39-9-7(43-12(38)15(23,24)18(31,32)33)5(42-11(37)14(21,22)17(28,29)30)4(6(40-9)8(34)35)41-10(36)13(19,20)16(25,26)27/h4-7,9H,2-3H2,1H3,(H,34,35). The van der Waals surface area contributed by atoms with Gasteiger partial charge < -0.3 is 28.8 Å². The first-order valence-electron chi connectivity index (χ1n) is 10.5. The number of carbonyl (C=O) groups excluding carboxylic acids is 3. The maximum Gasteiger partial charge on any atom is 0.465 e. The Morgan fingerprint density at radius 3 is 1.23 bits per heavy atom. The van der Waals surface area contributed by atoms with Crippen LogP contribution in [0.3, 0.4) is 0 Å². The van der Waals surface area contributed by atoms with Crippen LogP contribution in [0.15, 0.2) is 0 Å². The summed E-state index contributed by atoms with van der Waals surface area (Å²) in [6, 6.07) is 0. The number of hydrogen-bond acceptors (Lipinski definition) is 9. The molecule has 0 radical (unpaired) electrons. The van der Waals surface area contributed by atoms with Crippen LogP contribution >= 0.6 is 0 Å². The first-order chi connectivity index (χ1) is 19.1. The van der Waals surface area contributed by atoms with Crippen LogP contribution in [0.2, 0.25) is 0 Å². The van der Waals surface area contributed by atoms with Gasteiger partial charge >= 0.3 is 60.2 Å². The topological polar surface area (TPSA) is 135 Å². The lowest BCUT2D eigenvalue weighted by molar-refractivity contribution is -0.329. The minimum Gasteiger partial charge on any atom is -0.479 e. The molecule has 1 aliphatic rings. The first kappa shape index (κ1) is 37.8. The number of rotatable bonds is 10. The summed E-state index contributed by atoms with van der Waals surface area (Å²) >= 11 is 0. The van der Waals surface area contributed by atoms with Gasteiger partial charge in [0.15, 0.2) is 30.7 Å². The second kappa shape index (κ2) is 12.4. The fraction of sp³-hybridized carbons (Fsp3) is 0.778. The first-order valence-corrected chi connectivity index (χ1v) is 10.5. The summed E-state index contributed by atoms with van der Waals surface area (Å²) < 4.78 is 215. The van der Waals surface area contributed by atoms with E-state index in [1.54, 1.807) is 0 Å². The van der Waals surface area contributed by atoms with E-state index in [0.29, 0.717) is 0 Å². The molecule has 0 bridgehead atoms. The van der Waals surface area contributed by atoms with E-state index in [0.717, 1.165) is 0 Å². The van der Waals surface area contributed by atoms with Crippen molar-refractivity contribution in [3.05, 3.63) is 0 Å². The van der Waals surface area contributed by atoms with E-state index in [1.165, 1.54) is 6.92 Å². The van der Waals surface area contributed by atoms with Crippen molar-refractivity contribution in [3.8, 4) is 0 Å². The molecular formula is C18H13F15O10. The zero-order chi connectivity index (χ0) is 34.1. The highest BCUT2D eigenvalue weighted by Crippen LogP contribution is 2.42. The van der Waals surface area contributed by atoms with E-state index in [1.807, 2.05) is 0 Å². The van der Waals surface area contributed by atoms with Gasteiger partial charge in [-0.3, -0.25) is 0 Å². The SMILES string of the molecule is CCCOC1OC(C(=O)O)C(OC(=O)C(F)(F)C(F)(F)F)C(OC(=O)C(F)(F)C(F)(F)F)C1OC(=O)C(F)(F)C(F)(F)F. The molecule has 10 nitrogen and oxygen atoms in total. The lowest BCUT2D eigenvalue weighted by atomic mass is 9.97. The van der Waals surface area contributed by atoms with E-state index in [2.05, 4.69) is 23.7 Å². The zero-order valence-electron chi connectivity index (χ0n) is 20.1. The number of hydrogen-bond donors (Lipinski definition) is 1. The van der Waals surface area contributed by atoms with E-state index in [4.69, 9.17) is 0 Å². The molecule has 1 fully saturated rings. The predicted molar refractivity (Wildman–Crippen MR) is 95.2 cm³/mol. The van der Waals surface area contributed by atoms with Crippen molar-refractivity contribution in [2.75, 3.05) is 6.61 Å². The molecule has 5 unspecified atom stereocenters. The summed E-state index contributed by atoms with van der Waals surface area (Å²) in [7, 11) is 0. The van der Waals surface area contributed by atoms with Crippen LogP contribution in [0.5, 0.6) is 0 Å². The Hall–Kier alpha value is -3.25. The van der Waals surface area contributed by atoms with Gasteiger partial charge in [-0.05, 0) is 6.42 Å².